The summed E-state index contributed by atoms with van der Waals surface area (Å²) in [5.41, 5.74) is 1.48. The van der Waals surface area contributed by atoms with Gasteiger partial charge in [-0.1, -0.05) is 11.6 Å². The van der Waals surface area contributed by atoms with E-state index in [0.29, 0.717) is 16.5 Å². The first-order valence-corrected chi connectivity index (χ1v) is 7.86. The molecule has 1 saturated heterocycles. The average Bonchev–Trinajstić information content (AvgIpc) is 2.49. The third kappa shape index (κ3) is 4.35. The number of amides is 1. The summed E-state index contributed by atoms with van der Waals surface area (Å²) in [4.78, 5) is 14.5. The summed E-state index contributed by atoms with van der Waals surface area (Å²) in [7, 11) is 1.86. The molecule has 0 saturated carbocycles. The summed E-state index contributed by atoms with van der Waals surface area (Å²) in [6, 6.07) is 5.40. The van der Waals surface area contributed by atoms with Crippen LogP contribution < -0.4 is 5.32 Å². The molecular formula is C16H23ClN2O2. The van der Waals surface area contributed by atoms with Gasteiger partial charge in [-0.2, -0.15) is 0 Å². The minimum absolute atomic E-state index is 0.0138. The lowest BCUT2D eigenvalue weighted by Gasteiger charge is -2.27. The van der Waals surface area contributed by atoms with Crippen LogP contribution in [-0.2, 0) is 4.74 Å². The first-order valence-electron chi connectivity index (χ1n) is 7.48. The van der Waals surface area contributed by atoms with Crippen molar-refractivity contribution in [2.24, 2.45) is 5.92 Å². The molecule has 21 heavy (non-hydrogen) atoms. The van der Waals surface area contributed by atoms with E-state index in [0.717, 1.165) is 44.8 Å². The molecule has 5 heteroatoms. The van der Waals surface area contributed by atoms with E-state index in [1.807, 2.05) is 20.0 Å². The third-order valence-electron chi connectivity index (χ3n) is 3.80. The Kier molecular flexibility index (Phi) is 5.88. The van der Waals surface area contributed by atoms with Gasteiger partial charge >= 0.3 is 0 Å². The topological polar surface area (TPSA) is 41.6 Å². The van der Waals surface area contributed by atoms with E-state index in [4.69, 9.17) is 16.3 Å². The zero-order chi connectivity index (χ0) is 15.2. The molecule has 1 aliphatic heterocycles. The summed E-state index contributed by atoms with van der Waals surface area (Å²) in [6.07, 6.45) is 2.04. The number of carbonyl (C=O) groups is 1. The second-order valence-corrected chi connectivity index (χ2v) is 5.90. The van der Waals surface area contributed by atoms with Crippen molar-refractivity contribution >= 4 is 23.2 Å². The fraction of sp³-hybridized carbons (Fsp3) is 0.562. The Labute approximate surface area is 131 Å². The molecule has 0 bridgehead atoms. The SMILES string of the molecule is CCNc1ccc(Cl)cc1C(=O)N(C)CC1CCOCC1. The number of carbonyl (C=O) groups excluding carboxylic acids is 1. The van der Waals surface area contributed by atoms with Crippen LogP contribution in [-0.4, -0.2) is 44.2 Å². The number of nitrogens with zero attached hydrogens (tertiary/aromatic N) is 1. The van der Waals surface area contributed by atoms with E-state index < -0.39 is 0 Å². The van der Waals surface area contributed by atoms with Crippen molar-refractivity contribution in [1.82, 2.24) is 4.90 Å². The molecule has 0 unspecified atom stereocenters. The van der Waals surface area contributed by atoms with Crippen molar-refractivity contribution in [2.75, 3.05) is 38.7 Å². The van der Waals surface area contributed by atoms with Gasteiger partial charge in [0, 0.05) is 44.1 Å². The normalized spacial score (nSPS) is 15.8. The van der Waals surface area contributed by atoms with Crippen molar-refractivity contribution in [3.8, 4) is 0 Å². The molecule has 0 aromatic heterocycles. The number of anilines is 1. The molecule has 4 nitrogen and oxygen atoms in total. The average molecular weight is 311 g/mol. The number of hydrogen-bond donors (Lipinski definition) is 1. The summed E-state index contributed by atoms with van der Waals surface area (Å²) in [5.74, 6) is 0.536. The molecule has 0 aliphatic carbocycles. The highest BCUT2D eigenvalue weighted by molar-refractivity contribution is 6.31. The minimum atomic E-state index is 0.0138. The standard InChI is InChI=1S/C16H23ClN2O2/c1-3-18-15-5-4-13(17)10-14(15)16(20)19(2)11-12-6-8-21-9-7-12/h4-5,10,12,18H,3,6-9,11H2,1-2H3. The number of ether oxygens (including phenoxy) is 1. The van der Waals surface area contributed by atoms with Crippen LogP contribution >= 0.6 is 11.6 Å². The molecule has 1 aromatic rings. The number of benzene rings is 1. The van der Waals surface area contributed by atoms with Crippen LogP contribution in [0.25, 0.3) is 0 Å². The number of halogens is 1. The molecule has 0 radical (unpaired) electrons. The van der Waals surface area contributed by atoms with Crippen LogP contribution in [0.3, 0.4) is 0 Å². The fourth-order valence-corrected chi connectivity index (χ4v) is 2.81. The smallest absolute Gasteiger partial charge is 0.255 e. The van der Waals surface area contributed by atoms with Gasteiger partial charge in [0.25, 0.3) is 5.91 Å². The van der Waals surface area contributed by atoms with Crippen molar-refractivity contribution in [3.63, 3.8) is 0 Å². The van der Waals surface area contributed by atoms with E-state index >= 15 is 0 Å². The first-order chi connectivity index (χ1) is 10.1. The van der Waals surface area contributed by atoms with Crippen LogP contribution in [0.4, 0.5) is 5.69 Å². The van der Waals surface area contributed by atoms with Crippen LogP contribution in [0.15, 0.2) is 18.2 Å². The molecule has 0 spiro atoms. The molecule has 0 atom stereocenters. The van der Waals surface area contributed by atoms with Gasteiger partial charge < -0.3 is 15.0 Å². The third-order valence-corrected chi connectivity index (χ3v) is 4.03. The van der Waals surface area contributed by atoms with E-state index in [1.54, 1.807) is 17.0 Å². The van der Waals surface area contributed by atoms with Gasteiger partial charge in [-0.15, -0.1) is 0 Å². The maximum atomic E-state index is 12.7. The molecule has 2 rings (SSSR count). The first kappa shape index (κ1) is 16.1. The summed E-state index contributed by atoms with van der Waals surface area (Å²) >= 11 is 6.04. The highest BCUT2D eigenvalue weighted by atomic mass is 35.5. The van der Waals surface area contributed by atoms with Crippen LogP contribution in [0.1, 0.15) is 30.1 Å². The predicted octanol–water partition coefficient (Wildman–Crippen LogP) is 3.27. The Morgan fingerprint density at radius 2 is 2.14 bits per heavy atom. The van der Waals surface area contributed by atoms with Gasteiger partial charge in [-0.3, -0.25) is 4.79 Å². The molecule has 1 fully saturated rings. The van der Waals surface area contributed by atoms with E-state index in [9.17, 15) is 4.79 Å². The second kappa shape index (κ2) is 7.66. The molecule has 1 N–H and O–H groups in total. The van der Waals surface area contributed by atoms with Crippen LogP contribution in [0.2, 0.25) is 5.02 Å². The number of nitrogens with one attached hydrogen (secondary N) is 1. The zero-order valence-electron chi connectivity index (χ0n) is 12.7. The zero-order valence-corrected chi connectivity index (χ0v) is 13.4. The molecule has 1 aliphatic rings. The molecular weight excluding hydrogens is 288 g/mol. The summed E-state index contributed by atoms with van der Waals surface area (Å²) in [6.45, 7) is 5.14. The lowest BCUT2D eigenvalue weighted by molar-refractivity contribution is 0.0497. The van der Waals surface area contributed by atoms with Crippen molar-refractivity contribution in [1.29, 1.82) is 0 Å². The maximum absolute atomic E-state index is 12.7. The van der Waals surface area contributed by atoms with Gasteiger partial charge in [0.1, 0.15) is 0 Å². The predicted molar refractivity (Wildman–Crippen MR) is 86.1 cm³/mol. The Morgan fingerprint density at radius 3 is 2.81 bits per heavy atom. The van der Waals surface area contributed by atoms with Crippen molar-refractivity contribution in [2.45, 2.75) is 19.8 Å². The van der Waals surface area contributed by atoms with Gasteiger partial charge in [0.2, 0.25) is 0 Å². The highest BCUT2D eigenvalue weighted by Gasteiger charge is 2.21. The Morgan fingerprint density at radius 1 is 1.43 bits per heavy atom. The van der Waals surface area contributed by atoms with Gasteiger partial charge in [0.05, 0.1) is 5.56 Å². The van der Waals surface area contributed by atoms with Crippen molar-refractivity contribution < 1.29 is 9.53 Å². The van der Waals surface area contributed by atoms with E-state index in [-0.39, 0.29) is 5.91 Å². The number of rotatable bonds is 5. The lowest BCUT2D eigenvalue weighted by atomic mass is 9.99. The van der Waals surface area contributed by atoms with Gasteiger partial charge in [0.15, 0.2) is 0 Å². The summed E-state index contributed by atoms with van der Waals surface area (Å²) in [5, 5.41) is 3.80. The van der Waals surface area contributed by atoms with E-state index in [1.165, 1.54) is 0 Å². The molecule has 1 amide bonds. The number of hydrogen-bond acceptors (Lipinski definition) is 3. The Balaban J connectivity index is 2.08. The highest BCUT2D eigenvalue weighted by Crippen LogP contribution is 2.23. The second-order valence-electron chi connectivity index (χ2n) is 5.46. The molecule has 116 valence electrons. The van der Waals surface area contributed by atoms with Crippen LogP contribution in [0.5, 0.6) is 0 Å². The largest absolute Gasteiger partial charge is 0.385 e. The quantitative estimate of drug-likeness (QED) is 0.907. The minimum Gasteiger partial charge on any atom is -0.385 e. The van der Waals surface area contributed by atoms with E-state index in [2.05, 4.69) is 5.32 Å². The fourth-order valence-electron chi connectivity index (χ4n) is 2.64. The van der Waals surface area contributed by atoms with Gasteiger partial charge in [-0.25, -0.2) is 0 Å². The Bertz CT molecular complexity index is 487. The molecule has 1 heterocycles. The maximum Gasteiger partial charge on any atom is 0.255 e. The van der Waals surface area contributed by atoms with Gasteiger partial charge in [-0.05, 0) is 43.9 Å². The lowest BCUT2D eigenvalue weighted by Crippen LogP contribution is -2.34. The summed E-state index contributed by atoms with van der Waals surface area (Å²) < 4.78 is 5.36. The van der Waals surface area contributed by atoms with Crippen molar-refractivity contribution in [3.05, 3.63) is 28.8 Å². The Hall–Kier alpha value is -1.26. The van der Waals surface area contributed by atoms with Crippen LogP contribution in [0, 0.1) is 5.92 Å². The monoisotopic (exact) mass is 310 g/mol. The molecule has 1 aromatic carbocycles.